The molecular formula is C24H42N6O5Si2. The second-order valence-electron chi connectivity index (χ2n) is 12.0. The van der Waals surface area contributed by atoms with E-state index in [1.807, 2.05) is 16.7 Å². The van der Waals surface area contributed by atoms with E-state index in [2.05, 4.69) is 70.3 Å². The van der Waals surface area contributed by atoms with Crippen LogP contribution in [0.25, 0.3) is 11.2 Å². The summed E-state index contributed by atoms with van der Waals surface area (Å²) in [6.07, 6.45) is 1.78. The van der Waals surface area contributed by atoms with E-state index in [9.17, 15) is 0 Å². The lowest BCUT2D eigenvalue weighted by atomic mass is 9.94. The van der Waals surface area contributed by atoms with Gasteiger partial charge in [0.05, 0.1) is 19.5 Å². The van der Waals surface area contributed by atoms with Gasteiger partial charge in [0, 0.05) is 7.05 Å². The SMILES string of the molecule is CC(C)[Si]1(C(C)C)OC[C@@]23CN(C)OC([C@H](n4cnc5c(N)ncnc54)O2)[C@H]3O[Si](C(C)C)(C(C)C)O1. The van der Waals surface area contributed by atoms with Gasteiger partial charge in [0.2, 0.25) is 0 Å². The summed E-state index contributed by atoms with van der Waals surface area (Å²) in [5, 5.41) is 1.85. The summed E-state index contributed by atoms with van der Waals surface area (Å²) < 4.78 is 30.6. The number of hydrogen-bond donors (Lipinski definition) is 1. The van der Waals surface area contributed by atoms with Crippen molar-refractivity contribution in [2.45, 2.75) is 102 Å². The van der Waals surface area contributed by atoms with Crippen LogP contribution in [-0.4, -0.2) is 79.7 Å². The molecule has 2 aromatic heterocycles. The van der Waals surface area contributed by atoms with Gasteiger partial charge in [-0.2, -0.15) is 5.06 Å². The number of nitrogens with zero attached hydrogens (tertiary/aromatic N) is 5. The first kappa shape index (κ1) is 27.1. The summed E-state index contributed by atoms with van der Waals surface area (Å²) in [6, 6.07) is 0. The van der Waals surface area contributed by atoms with Crippen LogP contribution in [-0.2, 0) is 22.5 Å². The molecule has 206 valence electrons. The van der Waals surface area contributed by atoms with Gasteiger partial charge < -0.3 is 23.4 Å². The molecule has 3 aliphatic heterocycles. The fourth-order valence-corrected chi connectivity index (χ4v) is 17.7. The Hall–Kier alpha value is -1.46. The van der Waals surface area contributed by atoms with E-state index in [1.54, 1.807) is 6.33 Å². The minimum Gasteiger partial charge on any atom is -0.414 e. The average Bonchev–Trinajstić information content (AvgIpc) is 3.29. The van der Waals surface area contributed by atoms with Crippen LogP contribution in [0, 0.1) is 0 Å². The molecule has 37 heavy (non-hydrogen) atoms. The Morgan fingerprint density at radius 3 is 2.24 bits per heavy atom. The summed E-state index contributed by atoms with van der Waals surface area (Å²) in [7, 11) is -3.64. The van der Waals surface area contributed by atoms with Crippen molar-refractivity contribution < 1.29 is 22.5 Å². The van der Waals surface area contributed by atoms with Gasteiger partial charge in [-0.05, 0) is 22.2 Å². The van der Waals surface area contributed by atoms with Crippen LogP contribution >= 0.6 is 0 Å². The normalized spacial score (nSPS) is 31.9. The summed E-state index contributed by atoms with van der Waals surface area (Å²) in [5.74, 6) is 0.329. The molecule has 3 saturated heterocycles. The van der Waals surface area contributed by atoms with E-state index < -0.39 is 35.1 Å². The van der Waals surface area contributed by atoms with Crippen LogP contribution in [0.15, 0.2) is 12.7 Å². The number of fused-ring (bicyclic) bond motifs is 1. The number of nitrogens with two attached hydrogens (primary N) is 1. The minimum absolute atomic E-state index is 0.203. The van der Waals surface area contributed by atoms with E-state index in [1.165, 1.54) is 6.33 Å². The number of hydroxylamine groups is 2. The minimum atomic E-state index is -2.85. The van der Waals surface area contributed by atoms with Crippen LogP contribution < -0.4 is 5.73 Å². The van der Waals surface area contributed by atoms with Crippen molar-refractivity contribution >= 4 is 34.1 Å². The predicted octanol–water partition coefficient (Wildman–Crippen LogP) is 3.88. The number of rotatable bonds is 5. The van der Waals surface area contributed by atoms with Crippen LogP contribution in [0.1, 0.15) is 61.6 Å². The van der Waals surface area contributed by atoms with Crippen LogP contribution in [0.3, 0.4) is 0 Å². The third kappa shape index (κ3) is 4.01. The Kier molecular flexibility index (Phi) is 6.84. The van der Waals surface area contributed by atoms with Gasteiger partial charge >= 0.3 is 17.1 Å². The van der Waals surface area contributed by atoms with Gasteiger partial charge in [0.15, 0.2) is 23.8 Å². The van der Waals surface area contributed by atoms with Crippen molar-refractivity contribution in [3.63, 3.8) is 0 Å². The van der Waals surface area contributed by atoms with Crippen molar-refractivity contribution in [1.82, 2.24) is 24.6 Å². The number of nitrogen functional groups attached to an aromatic ring is 1. The van der Waals surface area contributed by atoms with Crippen LogP contribution in [0.4, 0.5) is 5.82 Å². The number of ether oxygens (including phenoxy) is 1. The van der Waals surface area contributed by atoms with Gasteiger partial charge in [-0.3, -0.25) is 9.40 Å². The Morgan fingerprint density at radius 1 is 0.973 bits per heavy atom. The Balaban J connectivity index is 1.66. The third-order valence-electron chi connectivity index (χ3n) is 8.30. The number of hydrogen-bond acceptors (Lipinski definition) is 10. The smallest absolute Gasteiger partial charge is 0.335 e. The molecule has 2 N–H and O–H groups in total. The molecule has 5 rings (SSSR count). The molecule has 5 heterocycles. The fraction of sp³-hybridized carbons (Fsp3) is 0.792. The lowest BCUT2D eigenvalue weighted by molar-refractivity contribution is -0.257. The molecule has 0 aliphatic carbocycles. The lowest BCUT2D eigenvalue weighted by Gasteiger charge is -2.55. The molecule has 0 amide bonds. The van der Waals surface area contributed by atoms with E-state index >= 15 is 0 Å². The zero-order valence-electron chi connectivity index (χ0n) is 23.5. The van der Waals surface area contributed by atoms with E-state index in [0.717, 1.165) is 0 Å². The van der Waals surface area contributed by atoms with Gasteiger partial charge in [-0.1, -0.05) is 55.4 Å². The zero-order chi connectivity index (χ0) is 26.9. The molecular weight excluding hydrogens is 508 g/mol. The van der Waals surface area contributed by atoms with Crippen LogP contribution in [0.2, 0.25) is 22.2 Å². The Bertz CT molecular complexity index is 1130. The van der Waals surface area contributed by atoms with Gasteiger partial charge in [0.1, 0.15) is 23.5 Å². The van der Waals surface area contributed by atoms with Gasteiger partial charge in [-0.15, -0.1) is 0 Å². The summed E-state index contributed by atoms with van der Waals surface area (Å²) >= 11 is 0. The highest BCUT2D eigenvalue weighted by Gasteiger charge is 2.68. The summed E-state index contributed by atoms with van der Waals surface area (Å²) in [6.45, 7) is 18.7. The quantitative estimate of drug-likeness (QED) is 0.549. The molecule has 3 aliphatic rings. The molecule has 1 unspecified atom stereocenters. The molecule has 3 fully saturated rings. The molecule has 13 heteroatoms. The van der Waals surface area contributed by atoms with Crippen LogP contribution in [0.5, 0.6) is 0 Å². The predicted molar refractivity (Wildman–Crippen MR) is 144 cm³/mol. The largest absolute Gasteiger partial charge is 0.414 e. The molecule has 0 radical (unpaired) electrons. The molecule has 0 spiro atoms. The first-order chi connectivity index (χ1) is 17.4. The van der Waals surface area contributed by atoms with Crippen molar-refractivity contribution in [2.75, 3.05) is 25.9 Å². The highest BCUT2D eigenvalue weighted by Crippen LogP contribution is 2.53. The molecule has 2 aromatic rings. The van der Waals surface area contributed by atoms with Gasteiger partial charge in [0.25, 0.3) is 0 Å². The Labute approximate surface area is 221 Å². The molecule has 4 atom stereocenters. The molecule has 0 aromatic carbocycles. The zero-order valence-corrected chi connectivity index (χ0v) is 25.5. The molecule has 0 saturated carbocycles. The lowest BCUT2D eigenvalue weighted by Crippen LogP contribution is -2.71. The molecule has 2 bridgehead atoms. The standard InChI is InChI=1S/C24H42N6O5Si2/c1-14(2)36(15(3)4)31-11-24-10-29(9)33-19(20(24)34-37(35-36,16(5)6)17(7)8)23(32-24)30-13-28-18-21(25)26-12-27-22(18)30/h12-17,19-20,23H,10-11H2,1-9H3,(H2,25,26,27)/t19?,20-,23-,24-/m1/s1. The van der Waals surface area contributed by atoms with Crippen molar-refractivity contribution in [1.29, 1.82) is 0 Å². The van der Waals surface area contributed by atoms with Gasteiger partial charge in [-0.25, -0.2) is 15.0 Å². The maximum atomic E-state index is 7.37. The Morgan fingerprint density at radius 2 is 1.62 bits per heavy atom. The van der Waals surface area contributed by atoms with E-state index in [0.29, 0.717) is 30.1 Å². The topological polar surface area (TPSA) is 119 Å². The number of anilines is 1. The second-order valence-corrected chi connectivity index (χ2v) is 20.8. The number of imidazole rings is 1. The van der Waals surface area contributed by atoms with Crippen molar-refractivity contribution in [2.24, 2.45) is 0 Å². The monoisotopic (exact) mass is 550 g/mol. The third-order valence-corrected chi connectivity index (χ3v) is 18.5. The number of aromatic nitrogens is 4. The fourth-order valence-electron chi connectivity index (χ4n) is 6.43. The first-order valence-electron chi connectivity index (χ1n) is 13.4. The number of likely N-dealkylation sites (N-methyl/N-ethyl adjacent to an activating group) is 1. The highest BCUT2D eigenvalue weighted by molar-refractivity contribution is 6.84. The summed E-state index contributed by atoms with van der Waals surface area (Å²) in [5.41, 5.74) is 7.38. The van der Waals surface area contributed by atoms with Crippen molar-refractivity contribution in [3.05, 3.63) is 12.7 Å². The average molecular weight is 551 g/mol. The first-order valence-corrected chi connectivity index (χ1v) is 17.3. The second kappa shape index (κ2) is 9.33. The van der Waals surface area contributed by atoms with E-state index in [-0.39, 0.29) is 28.3 Å². The highest BCUT2D eigenvalue weighted by atomic mass is 28.5. The van der Waals surface area contributed by atoms with Crippen molar-refractivity contribution in [3.8, 4) is 0 Å². The maximum Gasteiger partial charge on any atom is 0.335 e. The maximum absolute atomic E-state index is 7.37. The summed E-state index contributed by atoms with van der Waals surface area (Å²) in [4.78, 5) is 19.5. The van der Waals surface area contributed by atoms with E-state index in [4.69, 9.17) is 28.3 Å². The molecule has 11 nitrogen and oxygen atoms in total.